The first-order valence-corrected chi connectivity index (χ1v) is 14.3. The molecule has 5 nitrogen and oxygen atoms in total. The van der Waals surface area contributed by atoms with E-state index < -0.39 is 6.26 Å². The zero-order chi connectivity index (χ0) is 20.1. The summed E-state index contributed by atoms with van der Waals surface area (Å²) in [5, 5.41) is 2.98. The van der Waals surface area contributed by atoms with Crippen molar-refractivity contribution in [1.29, 1.82) is 0 Å². The summed E-state index contributed by atoms with van der Waals surface area (Å²) in [4.78, 5) is 5.13. The molecule has 2 aliphatic heterocycles. The van der Waals surface area contributed by atoms with Gasteiger partial charge >= 0.3 is 0 Å². The molecular weight excluding hydrogens is 403 g/mol. The quantitative estimate of drug-likeness (QED) is 0.559. The average Bonchev–Trinajstić information content (AvgIpc) is 2.80. The lowest BCUT2D eigenvalue weighted by Gasteiger charge is -2.42. The van der Waals surface area contributed by atoms with Gasteiger partial charge in [-0.25, -0.2) is 0 Å². The molecule has 0 aromatic heterocycles. The van der Waals surface area contributed by atoms with Crippen LogP contribution in [-0.2, 0) is 25.8 Å². The van der Waals surface area contributed by atoms with Crippen LogP contribution in [0.5, 0.6) is 0 Å². The topological polar surface area (TPSA) is 34.2 Å². The highest BCUT2D eigenvalue weighted by Crippen LogP contribution is 2.68. The number of nitrogens with zero attached hydrogens (tertiary/aromatic N) is 2. The number of allylic oxidation sites excluding steroid dienone is 4. The molecule has 29 heavy (non-hydrogen) atoms. The van der Waals surface area contributed by atoms with Crippen LogP contribution in [0.3, 0.4) is 0 Å². The fraction of sp³-hybridized carbons (Fsp3) is 0.818. The molecule has 2 heterocycles. The van der Waals surface area contributed by atoms with Crippen molar-refractivity contribution in [1.82, 2.24) is 9.80 Å². The normalized spacial score (nSPS) is 25.0. The Morgan fingerprint density at radius 2 is 1.17 bits per heavy atom. The summed E-state index contributed by atoms with van der Waals surface area (Å²) in [5.41, 5.74) is 3.02. The van der Waals surface area contributed by atoms with Gasteiger partial charge in [0.05, 0.1) is 26.4 Å². The van der Waals surface area contributed by atoms with E-state index in [4.69, 9.17) is 25.8 Å². The third-order valence-corrected chi connectivity index (χ3v) is 11.3. The lowest BCUT2D eigenvalue weighted by molar-refractivity contribution is 0.0507. The van der Waals surface area contributed by atoms with Gasteiger partial charge in [0, 0.05) is 54.8 Å². The van der Waals surface area contributed by atoms with Crippen LogP contribution in [0, 0.1) is 0 Å². The van der Waals surface area contributed by atoms with E-state index in [1.54, 1.807) is 0 Å². The molecule has 2 fully saturated rings. The molecule has 0 amide bonds. The van der Waals surface area contributed by atoms with E-state index in [0.29, 0.717) is 6.61 Å². The Morgan fingerprint density at radius 3 is 1.59 bits per heavy atom. The van der Waals surface area contributed by atoms with Crippen LogP contribution in [-0.4, -0.2) is 69.0 Å². The van der Waals surface area contributed by atoms with Gasteiger partial charge in [0.2, 0.25) is 0 Å². The monoisotopic (exact) mass is 440 g/mol. The maximum absolute atomic E-state index is 6.64. The van der Waals surface area contributed by atoms with Gasteiger partial charge < -0.3 is 23.8 Å². The summed E-state index contributed by atoms with van der Waals surface area (Å²) in [6.07, 6.45) is 7.38. The molecular formula is C22H37N2O3PS. The Balaban J connectivity index is 1.77. The molecule has 0 radical (unpaired) electrons. The minimum atomic E-state index is -2.19. The van der Waals surface area contributed by atoms with Crippen LogP contribution in [0.4, 0.5) is 0 Å². The summed E-state index contributed by atoms with van der Waals surface area (Å²) in [6.45, 7) is 10.1. The first kappa shape index (κ1) is 21.8. The van der Waals surface area contributed by atoms with Crippen LogP contribution < -0.4 is 0 Å². The van der Waals surface area contributed by atoms with E-state index in [2.05, 4.69) is 16.7 Å². The van der Waals surface area contributed by atoms with E-state index in [0.717, 1.165) is 78.3 Å². The molecule has 2 aliphatic carbocycles. The largest absolute Gasteiger partial charge is 0.378 e. The van der Waals surface area contributed by atoms with E-state index in [1.165, 1.54) is 47.7 Å². The van der Waals surface area contributed by atoms with Crippen molar-refractivity contribution < 1.29 is 14.0 Å². The molecule has 0 spiro atoms. The van der Waals surface area contributed by atoms with E-state index in [1.807, 2.05) is 0 Å². The Bertz CT molecular complexity index is 630. The van der Waals surface area contributed by atoms with Crippen LogP contribution >= 0.6 is 6.26 Å². The van der Waals surface area contributed by atoms with Gasteiger partial charge in [0.1, 0.15) is 6.26 Å². The van der Waals surface area contributed by atoms with Crippen molar-refractivity contribution in [3.05, 3.63) is 22.0 Å². The summed E-state index contributed by atoms with van der Waals surface area (Å²) in [5.74, 6) is 0. The second kappa shape index (κ2) is 10.3. The molecule has 0 aromatic carbocycles. The highest BCUT2D eigenvalue weighted by Gasteiger charge is 2.37. The van der Waals surface area contributed by atoms with Crippen LogP contribution in [0.25, 0.3) is 0 Å². The van der Waals surface area contributed by atoms with E-state index in [9.17, 15) is 0 Å². The number of morpholine rings is 2. The molecule has 0 atom stereocenters. The van der Waals surface area contributed by atoms with Crippen molar-refractivity contribution >= 4 is 18.1 Å². The fourth-order valence-corrected chi connectivity index (χ4v) is 9.82. The van der Waals surface area contributed by atoms with Crippen LogP contribution in [0.1, 0.15) is 58.3 Å². The minimum Gasteiger partial charge on any atom is -0.378 e. The van der Waals surface area contributed by atoms with Crippen LogP contribution in [0.15, 0.2) is 22.0 Å². The molecule has 4 rings (SSSR count). The zero-order valence-corrected chi connectivity index (χ0v) is 19.7. The van der Waals surface area contributed by atoms with Gasteiger partial charge in [0.25, 0.3) is 0 Å². The van der Waals surface area contributed by atoms with Crippen molar-refractivity contribution in [2.24, 2.45) is 0 Å². The average molecular weight is 441 g/mol. The third kappa shape index (κ3) is 4.77. The zero-order valence-electron chi connectivity index (χ0n) is 18.0. The fourth-order valence-electron chi connectivity index (χ4n) is 5.23. The minimum absolute atomic E-state index is 0.705. The van der Waals surface area contributed by atoms with E-state index >= 15 is 0 Å². The second-order valence-corrected chi connectivity index (χ2v) is 12.4. The van der Waals surface area contributed by atoms with Gasteiger partial charge in [-0.2, -0.15) is 0 Å². The van der Waals surface area contributed by atoms with Crippen molar-refractivity contribution in [3.63, 3.8) is 0 Å². The number of rotatable bonds is 6. The van der Waals surface area contributed by atoms with Crippen molar-refractivity contribution in [3.8, 4) is 0 Å². The molecule has 2 saturated heterocycles. The first-order valence-electron chi connectivity index (χ1n) is 11.6. The Hall–Kier alpha value is -0.390. The highest BCUT2D eigenvalue weighted by molar-refractivity contribution is 8.16. The highest BCUT2D eigenvalue weighted by atomic mass is 32.4. The Morgan fingerprint density at radius 1 is 0.759 bits per heavy atom. The molecule has 0 saturated carbocycles. The molecule has 7 heteroatoms. The Kier molecular flexibility index (Phi) is 7.74. The van der Waals surface area contributed by atoms with Gasteiger partial charge in [-0.3, -0.25) is 0 Å². The molecule has 164 valence electrons. The predicted molar refractivity (Wildman–Crippen MR) is 122 cm³/mol. The van der Waals surface area contributed by atoms with E-state index in [-0.39, 0.29) is 0 Å². The smallest absolute Gasteiger partial charge is 0.118 e. The van der Waals surface area contributed by atoms with Gasteiger partial charge in [-0.05, 0) is 58.3 Å². The molecule has 4 aliphatic rings. The van der Waals surface area contributed by atoms with Gasteiger partial charge in [0.15, 0.2) is 0 Å². The summed E-state index contributed by atoms with van der Waals surface area (Å²) in [6, 6.07) is 0. The lowest BCUT2D eigenvalue weighted by Crippen LogP contribution is -2.37. The van der Waals surface area contributed by atoms with Gasteiger partial charge in [-0.1, -0.05) is 11.8 Å². The maximum Gasteiger partial charge on any atom is 0.118 e. The van der Waals surface area contributed by atoms with Crippen molar-refractivity contribution in [2.75, 3.05) is 59.2 Å². The summed E-state index contributed by atoms with van der Waals surface area (Å²) >= 11 is 6.59. The molecule has 0 N–H and O–H groups in total. The third-order valence-electron chi connectivity index (χ3n) is 6.63. The first-order chi connectivity index (χ1) is 14.2. The predicted octanol–water partition coefficient (Wildman–Crippen LogP) is 4.65. The second-order valence-electron chi connectivity index (χ2n) is 8.37. The summed E-state index contributed by atoms with van der Waals surface area (Å²) in [7, 11) is 0. The van der Waals surface area contributed by atoms with Crippen molar-refractivity contribution in [2.45, 2.75) is 58.3 Å². The standard InChI is InChI=1S/C22H37N2O3PS/c1-2-27-28(29,21-9-5-3-7-19(21)23-11-15-25-16-12-23)22-10-6-4-8-20(22)24-13-17-26-18-14-24/h2-18H2,1H3. The molecule has 0 bridgehead atoms. The number of hydrogen-bond donors (Lipinski definition) is 0. The number of ether oxygens (including phenoxy) is 2. The lowest BCUT2D eigenvalue weighted by atomic mass is 10.0. The Labute approximate surface area is 181 Å². The van der Waals surface area contributed by atoms with Crippen LogP contribution in [0.2, 0.25) is 0 Å². The maximum atomic E-state index is 6.64. The van der Waals surface area contributed by atoms with Gasteiger partial charge in [-0.15, -0.1) is 0 Å². The molecule has 0 aromatic rings. The number of hydrogen-bond acceptors (Lipinski definition) is 6. The molecule has 0 unspecified atom stereocenters. The SMILES string of the molecule is CCOP(=S)(C1=C(N2CCOCC2)CCCC1)C1=C(N2CCOCC2)CCCC1. The summed E-state index contributed by atoms with van der Waals surface area (Å²) < 4.78 is 17.9.